The molecule has 0 aromatic heterocycles. The summed E-state index contributed by atoms with van der Waals surface area (Å²) in [5, 5.41) is 0. The number of hydrogen-bond donors (Lipinski definition) is 0. The summed E-state index contributed by atoms with van der Waals surface area (Å²) in [4.78, 5) is 0. The Kier molecular flexibility index (Phi) is 6.23. The molecule has 0 saturated heterocycles. The first kappa shape index (κ1) is 14.2. The highest BCUT2D eigenvalue weighted by Gasteiger charge is 2.23. The van der Waals surface area contributed by atoms with E-state index in [9.17, 15) is 0 Å². The van der Waals surface area contributed by atoms with Gasteiger partial charge in [-0.25, -0.2) is 0 Å². The standard InChI is InChI=1S/C15H26NO/c1-4-16(5-2,12-13-17-6-3)14-15-10-8-7-9-11-15/h7-11H,4-6,12-14H2,1-3H3/q+1. The fourth-order valence-corrected chi connectivity index (χ4v) is 2.22. The number of likely N-dealkylation sites (N-methyl/N-ethyl adjacent to an activating group) is 1. The highest BCUT2D eigenvalue weighted by molar-refractivity contribution is 5.13. The second-order valence-electron chi connectivity index (χ2n) is 4.54. The van der Waals surface area contributed by atoms with Gasteiger partial charge in [0.25, 0.3) is 0 Å². The molecule has 2 heteroatoms. The van der Waals surface area contributed by atoms with Gasteiger partial charge >= 0.3 is 0 Å². The molecule has 0 radical (unpaired) electrons. The first-order valence-corrected chi connectivity index (χ1v) is 6.73. The molecule has 1 aromatic rings. The third kappa shape index (κ3) is 4.49. The van der Waals surface area contributed by atoms with Crippen LogP contribution >= 0.6 is 0 Å². The Balaban J connectivity index is 2.63. The van der Waals surface area contributed by atoms with Gasteiger partial charge in [-0.3, -0.25) is 0 Å². The van der Waals surface area contributed by atoms with Crippen molar-refractivity contribution < 1.29 is 9.22 Å². The van der Waals surface area contributed by atoms with Gasteiger partial charge in [0, 0.05) is 12.2 Å². The third-order valence-electron chi connectivity index (χ3n) is 3.62. The molecule has 0 atom stereocenters. The first-order chi connectivity index (χ1) is 8.26. The maximum absolute atomic E-state index is 5.51. The molecule has 2 nitrogen and oxygen atoms in total. The van der Waals surface area contributed by atoms with Gasteiger partial charge in [-0.15, -0.1) is 0 Å². The van der Waals surface area contributed by atoms with Crippen LogP contribution in [0.25, 0.3) is 0 Å². The lowest BCUT2D eigenvalue weighted by atomic mass is 10.2. The Morgan fingerprint density at radius 3 is 2.18 bits per heavy atom. The Labute approximate surface area is 106 Å². The summed E-state index contributed by atoms with van der Waals surface area (Å²) < 4.78 is 6.63. The van der Waals surface area contributed by atoms with E-state index in [1.54, 1.807) is 0 Å². The summed E-state index contributed by atoms with van der Waals surface area (Å²) in [5.74, 6) is 0. The Morgan fingerprint density at radius 1 is 1.00 bits per heavy atom. The number of rotatable bonds is 8. The summed E-state index contributed by atoms with van der Waals surface area (Å²) in [7, 11) is 0. The monoisotopic (exact) mass is 236 g/mol. The van der Waals surface area contributed by atoms with E-state index >= 15 is 0 Å². The van der Waals surface area contributed by atoms with Crippen molar-refractivity contribution in [3.63, 3.8) is 0 Å². The lowest BCUT2D eigenvalue weighted by Gasteiger charge is -2.37. The predicted octanol–water partition coefficient (Wildman–Crippen LogP) is 3.08. The minimum Gasteiger partial charge on any atom is -0.376 e. The minimum atomic E-state index is 0.818. The van der Waals surface area contributed by atoms with Crippen LogP contribution in [0.3, 0.4) is 0 Å². The minimum absolute atomic E-state index is 0.818. The van der Waals surface area contributed by atoms with Gasteiger partial charge in [0.1, 0.15) is 13.1 Å². The Bertz CT molecular complexity index is 293. The Morgan fingerprint density at radius 2 is 1.65 bits per heavy atom. The fourth-order valence-electron chi connectivity index (χ4n) is 2.22. The zero-order valence-corrected chi connectivity index (χ0v) is 11.5. The van der Waals surface area contributed by atoms with Gasteiger partial charge in [0.05, 0.1) is 19.7 Å². The second-order valence-corrected chi connectivity index (χ2v) is 4.54. The zero-order valence-electron chi connectivity index (χ0n) is 11.5. The molecule has 0 spiro atoms. The second kappa shape index (κ2) is 7.46. The molecule has 0 aliphatic heterocycles. The molecule has 0 N–H and O–H groups in total. The zero-order chi connectivity index (χ0) is 12.6. The van der Waals surface area contributed by atoms with Crippen LogP contribution in [0.4, 0.5) is 0 Å². The van der Waals surface area contributed by atoms with Crippen molar-refractivity contribution in [2.45, 2.75) is 27.3 Å². The van der Waals surface area contributed by atoms with Crippen molar-refractivity contribution >= 4 is 0 Å². The first-order valence-electron chi connectivity index (χ1n) is 6.73. The SMILES string of the molecule is CCOCC[N+](CC)(CC)Cc1ccccc1. The molecule has 0 amide bonds. The van der Waals surface area contributed by atoms with E-state index in [-0.39, 0.29) is 0 Å². The van der Waals surface area contributed by atoms with E-state index in [2.05, 4.69) is 51.1 Å². The largest absolute Gasteiger partial charge is 0.376 e. The van der Waals surface area contributed by atoms with E-state index in [4.69, 9.17) is 4.74 Å². The molecule has 0 unspecified atom stereocenters. The summed E-state index contributed by atoms with van der Waals surface area (Å²) in [6, 6.07) is 10.8. The normalized spacial score (nSPS) is 11.7. The van der Waals surface area contributed by atoms with Crippen LogP contribution in [0, 0.1) is 0 Å². The van der Waals surface area contributed by atoms with E-state index in [0.29, 0.717) is 0 Å². The van der Waals surface area contributed by atoms with Crippen molar-refractivity contribution in [1.82, 2.24) is 0 Å². The highest BCUT2D eigenvalue weighted by atomic mass is 16.5. The highest BCUT2D eigenvalue weighted by Crippen LogP contribution is 2.14. The van der Waals surface area contributed by atoms with Crippen LogP contribution in [-0.4, -0.2) is 37.3 Å². The van der Waals surface area contributed by atoms with Crippen molar-refractivity contribution in [3.05, 3.63) is 35.9 Å². The average molecular weight is 236 g/mol. The molecule has 1 rings (SSSR count). The van der Waals surface area contributed by atoms with Crippen molar-refractivity contribution in [2.75, 3.05) is 32.8 Å². The number of hydrogen-bond acceptors (Lipinski definition) is 1. The molecule has 1 aromatic carbocycles. The molecule has 0 aliphatic rings. The molecule has 0 bridgehead atoms. The summed E-state index contributed by atoms with van der Waals surface area (Å²) in [5.41, 5.74) is 1.42. The lowest BCUT2D eigenvalue weighted by Crippen LogP contribution is -2.49. The van der Waals surface area contributed by atoms with Gasteiger partial charge < -0.3 is 9.22 Å². The molecule has 0 aliphatic carbocycles. The summed E-state index contributed by atoms with van der Waals surface area (Å²) >= 11 is 0. The molecule has 17 heavy (non-hydrogen) atoms. The lowest BCUT2D eigenvalue weighted by molar-refractivity contribution is -0.938. The molecular weight excluding hydrogens is 210 g/mol. The van der Waals surface area contributed by atoms with Gasteiger partial charge in [-0.1, -0.05) is 30.3 Å². The van der Waals surface area contributed by atoms with Gasteiger partial charge in [0.15, 0.2) is 0 Å². The average Bonchev–Trinajstić information content (AvgIpc) is 2.39. The quantitative estimate of drug-likeness (QED) is 0.498. The van der Waals surface area contributed by atoms with E-state index in [1.165, 1.54) is 18.7 Å². The van der Waals surface area contributed by atoms with Crippen LogP contribution in [0.15, 0.2) is 30.3 Å². The van der Waals surface area contributed by atoms with E-state index < -0.39 is 0 Å². The van der Waals surface area contributed by atoms with Crippen LogP contribution in [-0.2, 0) is 11.3 Å². The Hall–Kier alpha value is -0.860. The number of benzene rings is 1. The summed E-state index contributed by atoms with van der Waals surface area (Å²) in [6.45, 7) is 12.8. The molecule has 0 fully saturated rings. The van der Waals surface area contributed by atoms with Gasteiger partial charge in [-0.05, 0) is 20.8 Å². The fraction of sp³-hybridized carbons (Fsp3) is 0.600. The maximum Gasteiger partial charge on any atom is 0.104 e. The number of nitrogens with zero attached hydrogens (tertiary/aromatic N) is 1. The third-order valence-corrected chi connectivity index (χ3v) is 3.62. The van der Waals surface area contributed by atoms with Gasteiger partial charge in [0.2, 0.25) is 0 Å². The van der Waals surface area contributed by atoms with Crippen LogP contribution in [0.1, 0.15) is 26.3 Å². The van der Waals surface area contributed by atoms with E-state index in [0.717, 1.165) is 30.8 Å². The van der Waals surface area contributed by atoms with Crippen LogP contribution in [0.5, 0.6) is 0 Å². The van der Waals surface area contributed by atoms with E-state index in [1.807, 2.05) is 0 Å². The maximum atomic E-state index is 5.51. The number of ether oxygens (including phenoxy) is 1. The summed E-state index contributed by atoms with van der Waals surface area (Å²) in [6.07, 6.45) is 0. The molecule has 0 saturated carbocycles. The van der Waals surface area contributed by atoms with Gasteiger partial charge in [-0.2, -0.15) is 0 Å². The van der Waals surface area contributed by atoms with Crippen LogP contribution < -0.4 is 0 Å². The molecular formula is C15H26NO+. The predicted molar refractivity (Wildman–Crippen MR) is 72.8 cm³/mol. The van der Waals surface area contributed by atoms with Crippen LogP contribution in [0.2, 0.25) is 0 Å². The van der Waals surface area contributed by atoms with Crippen molar-refractivity contribution in [2.24, 2.45) is 0 Å². The van der Waals surface area contributed by atoms with Crippen molar-refractivity contribution in [1.29, 1.82) is 0 Å². The topological polar surface area (TPSA) is 9.23 Å². The van der Waals surface area contributed by atoms with Crippen molar-refractivity contribution in [3.8, 4) is 0 Å². The smallest absolute Gasteiger partial charge is 0.104 e. The molecule has 96 valence electrons. The number of quaternary nitrogens is 1. The molecule has 0 heterocycles.